The van der Waals surface area contributed by atoms with Gasteiger partial charge in [0.1, 0.15) is 5.75 Å². The van der Waals surface area contributed by atoms with Crippen LogP contribution in [0, 0.1) is 0 Å². The summed E-state index contributed by atoms with van der Waals surface area (Å²) in [7, 11) is 0. The summed E-state index contributed by atoms with van der Waals surface area (Å²) in [4.78, 5) is 15.4. The molecule has 0 spiro atoms. The lowest BCUT2D eigenvalue weighted by molar-refractivity contribution is -0.00680. The summed E-state index contributed by atoms with van der Waals surface area (Å²) < 4.78 is 5.61. The van der Waals surface area contributed by atoms with Gasteiger partial charge >= 0.3 is 6.03 Å². The third kappa shape index (κ3) is 4.23. The molecular weight excluding hydrogens is 338 g/mol. The topological polar surface area (TPSA) is 53.6 Å². The average Bonchev–Trinajstić information content (AvgIpc) is 3.17. The second kappa shape index (κ2) is 8.51. The van der Waals surface area contributed by atoms with E-state index in [0.29, 0.717) is 18.7 Å². The molecule has 1 aromatic rings. The first-order valence-electron chi connectivity index (χ1n) is 10.8. The van der Waals surface area contributed by atoms with Crippen LogP contribution >= 0.6 is 0 Å². The lowest BCUT2D eigenvalue weighted by Gasteiger charge is -2.51. The lowest BCUT2D eigenvalue weighted by Crippen LogP contribution is -2.59. The van der Waals surface area contributed by atoms with E-state index in [1.54, 1.807) is 0 Å². The molecule has 5 heteroatoms. The van der Waals surface area contributed by atoms with Crippen LogP contribution in [0.2, 0.25) is 0 Å². The fraction of sp³-hybridized carbons (Fsp3) is 0.682. The number of para-hydroxylation sites is 2. The molecule has 27 heavy (non-hydrogen) atoms. The van der Waals surface area contributed by atoms with Crippen molar-refractivity contribution in [3.8, 4) is 5.75 Å². The number of anilines is 1. The van der Waals surface area contributed by atoms with Gasteiger partial charge in [-0.2, -0.15) is 0 Å². The van der Waals surface area contributed by atoms with Gasteiger partial charge in [-0.25, -0.2) is 4.79 Å². The molecule has 3 fully saturated rings. The maximum Gasteiger partial charge on any atom is 0.319 e. The number of hydrogen-bond acceptors (Lipinski definition) is 3. The largest absolute Gasteiger partial charge is 0.492 e. The molecule has 2 bridgehead atoms. The van der Waals surface area contributed by atoms with Crippen molar-refractivity contribution in [1.82, 2.24) is 10.2 Å². The summed E-state index contributed by atoms with van der Waals surface area (Å²) in [6, 6.07) is 9.90. The van der Waals surface area contributed by atoms with Crippen molar-refractivity contribution in [1.29, 1.82) is 0 Å². The number of hydrogen-bond donors (Lipinski definition) is 2. The molecule has 2 saturated heterocycles. The zero-order valence-electron chi connectivity index (χ0n) is 16.5. The minimum absolute atomic E-state index is 0.112. The second-order valence-corrected chi connectivity index (χ2v) is 8.32. The molecule has 5 nitrogen and oxygen atoms in total. The second-order valence-electron chi connectivity index (χ2n) is 8.32. The van der Waals surface area contributed by atoms with Crippen molar-refractivity contribution < 1.29 is 9.53 Å². The number of benzene rings is 1. The van der Waals surface area contributed by atoms with Crippen molar-refractivity contribution in [3.63, 3.8) is 0 Å². The van der Waals surface area contributed by atoms with E-state index in [1.165, 1.54) is 44.9 Å². The molecule has 0 radical (unpaired) electrons. The first-order chi connectivity index (χ1) is 13.2. The molecule has 4 rings (SSSR count). The van der Waals surface area contributed by atoms with Gasteiger partial charge in [0.05, 0.1) is 12.3 Å². The number of carbonyl (C=O) groups is 1. The highest BCUT2D eigenvalue weighted by Gasteiger charge is 2.42. The Morgan fingerprint density at radius 3 is 2.41 bits per heavy atom. The summed E-state index contributed by atoms with van der Waals surface area (Å²) in [5.74, 6) is 0.725. The third-order valence-corrected chi connectivity index (χ3v) is 6.55. The van der Waals surface area contributed by atoms with Gasteiger partial charge in [0.15, 0.2) is 0 Å². The molecule has 0 aromatic heterocycles. The normalized spacial score (nSPS) is 28.7. The highest BCUT2D eigenvalue weighted by molar-refractivity contribution is 5.91. The monoisotopic (exact) mass is 371 g/mol. The Kier molecular flexibility index (Phi) is 5.86. The number of nitrogens with zero attached hydrogens (tertiary/aromatic N) is 1. The molecule has 2 N–H and O–H groups in total. The van der Waals surface area contributed by atoms with Crippen LogP contribution in [0.1, 0.15) is 64.7 Å². The van der Waals surface area contributed by atoms with Gasteiger partial charge in [0.25, 0.3) is 0 Å². The minimum Gasteiger partial charge on any atom is -0.492 e. The van der Waals surface area contributed by atoms with Crippen LogP contribution in [0.25, 0.3) is 0 Å². The number of amides is 2. The number of nitrogens with one attached hydrogen (secondary N) is 2. The molecule has 2 heterocycles. The number of rotatable bonds is 5. The number of urea groups is 1. The minimum atomic E-state index is -0.112. The predicted molar refractivity (Wildman–Crippen MR) is 108 cm³/mol. The van der Waals surface area contributed by atoms with Crippen LogP contribution in [0.4, 0.5) is 10.5 Å². The summed E-state index contributed by atoms with van der Waals surface area (Å²) in [5, 5.41) is 6.23. The van der Waals surface area contributed by atoms with E-state index in [2.05, 4.69) is 15.5 Å². The van der Waals surface area contributed by atoms with Crippen LogP contribution in [0.5, 0.6) is 5.75 Å². The Bertz CT molecular complexity index is 630. The average molecular weight is 372 g/mol. The highest BCUT2D eigenvalue weighted by atomic mass is 16.5. The van der Waals surface area contributed by atoms with E-state index in [9.17, 15) is 4.79 Å². The molecule has 0 unspecified atom stereocenters. The van der Waals surface area contributed by atoms with Crippen LogP contribution in [-0.4, -0.2) is 41.7 Å². The molecule has 2 atom stereocenters. The van der Waals surface area contributed by atoms with E-state index in [0.717, 1.165) is 30.3 Å². The zero-order valence-corrected chi connectivity index (χ0v) is 16.5. The van der Waals surface area contributed by atoms with Gasteiger partial charge in [0.2, 0.25) is 0 Å². The molecule has 2 aliphatic heterocycles. The predicted octanol–water partition coefficient (Wildman–Crippen LogP) is 4.53. The SMILES string of the molecule is CCOc1ccccc1NC(=O)NC1C[C@H]2CCC[C@H](C1)N2C1CCCC1. The summed E-state index contributed by atoms with van der Waals surface area (Å²) in [6.45, 7) is 2.54. The van der Waals surface area contributed by atoms with Gasteiger partial charge in [-0.15, -0.1) is 0 Å². The quantitative estimate of drug-likeness (QED) is 0.799. The fourth-order valence-electron chi connectivity index (χ4n) is 5.53. The zero-order chi connectivity index (χ0) is 18.6. The maximum atomic E-state index is 12.6. The fourth-order valence-corrected chi connectivity index (χ4v) is 5.53. The molecular formula is C22H33N3O2. The maximum absolute atomic E-state index is 12.6. The summed E-state index contributed by atoms with van der Waals surface area (Å²) >= 11 is 0. The molecule has 1 saturated carbocycles. The van der Waals surface area contributed by atoms with Crippen molar-refractivity contribution in [2.75, 3.05) is 11.9 Å². The van der Waals surface area contributed by atoms with Gasteiger partial charge in [-0.1, -0.05) is 31.4 Å². The molecule has 3 aliphatic rings. The number of carbonyl (C=O) groups excluding carboxylic acids is 1. The Balaban J connectivity index is 1.36. The third-order valence-electron chi connectivity index (χ3n) is 6.55. The number of ether oxygens (including phenoxy) is 1. The summed E-state index contributed by atoms with van der Waals surface area (Å²) in [6.07, 6.45) is 11.6. The Morgan fingerprint density at radius 1 is 1.04 bits per heavy atom. The smallest absolute Gasteiger partial charge is 0.319 e. The molecule has 1 aromatic carbocycles. The number of piperidine rings is 2. The van der Waals surface area contributed by atoms with E-state index >= 15 is 0 Å². The van der Waals surface area contributed by atoms with Gasteiger partial charge in [-0.05, 0) is 57.6 Å². The van der Waals surface area contributed by atoms with Gasteiger partial charge in [-0.3, -0.25) is 4.90 Å². The van der Waals surface area contributed by atoms with E-state index in [4.69, 9.17) is 4.74 Å². The lowest BCUT2D eigenvalue weighted by atomic mass is 9.80. The van der Waals surface area contributed by atoms with E-state index in [-0.39, 0.29) is 12.1 Å². The molecule has 148 valence electrons. The number of fused-ring (bicyclic) bond motifs is 2. The first-order valence-corrected chi connectivity index (χ1v) is 10.8. The van der Waals surface area contributed by atoms with Gasteiger partial charge < -0.3 is 15.4 Å². The van der Waals surface area contributed by atoms with Crippen molar-refractivity contribution in [2.45, 2.75) is 88.9 Å². The van der Waals surface area contributed by atoms with Crippen molar-refractivity contribution in [3.05, 3.63) is 24.3 Å². The van der Waals surface area contributed by atoms with Crippen molar-refractivity contribution >= 4 is 11.7 Å². The van der Waals surface area contributed by atoms with Crippen LogP contribution in [0.15, 0.2) is 24.3 Å². The van der Waals surface area contributed by atoms with Crippen LogP contribution in [0.3, 0.4) is 0 Å². The molecule has 2 amide bonds. The van der Waals surface area contributed by atoms with E-state index < -0.39 is 0 Å². The van der Waals surface area contributed by atoms with Crippen LogP contribution < -0.4 is 15.4 Å². The van der Waals surface area contributed by atoms with Crippen molar-refractivity contribution in [2.24, 2.45) is 0 Å². The molecule has 1 aliphatic carbocycles. The standard InChI is InChI=1S/C22H33N3O2/c1-2-27-21-13-6-5-12-20(21)24-22(26)23-16-14-18-10-7-11-19(15-16)25(18)17-8-3-4-9-17/h5-6,12-13,16-19H,2-4,7-11,14-15H2,1H3,(H2,23,24,26)/t18-,19-/m1/s1. The van der Waals surface area contributed by atoms with E-state index in [1.807, 2.05) is 31.2 Å². The highest BCUT2D eigenvalue weighted by Crippen LogP contribution is 2.39. The first kappa shape index (κ1) is 18.6. The van der Waals surface area contributed by atoms with Gasteiger partial charge in [0, 0.05) is 24.2 Å². The Morgan fingerprint density at radius 2 is 1.70 bits per heavy atom. The Hall–Kier alpha value is -1.75. The Labute approximate surface area is 162 Å². The summed E-state index contributed by atoms with van der Waals surface area (Å²) in [5.41, 5.74) is 0.737. The van der Waals surface area contributed by atoms with Crippen LogP contribution in [-0.2, 0) is 0 Å².